The van der Waals surface area contributed by atoms with Crippen LogP contribution in [0.3, 0.4) is 0 Å². The lowest BCUT2D eigenvalue weighted by Gasteiger charge is -2.23. The van der Waals surface area contributed by atoms with E-state index in [1.165, 1.54) is 40.6 Å². The maximum Gasteiger partial charge on any atom is 0.273 e. The predicted molar refractivity (Wildman–Crippen MR) is 108 cm³/mol. The van der Waals surface area contributed by atoms with Crippen molar-refractivity contribution >= 4 is 15.7 Å². The molecule has 3 rings (SSSR count). The van der Waals surface area contributed by atoms with Crippen LogP contribution < -0.4 is 0 Å². The van der Waals surface area contributed by atoms with Crippen LogP contribution in [0.4, 0.5) is 5.69 Å². The van der Waals surface area contributed by atoms with Gasteiger partial charge in [-0.2, -0.15) is 4.31 Å². The van der Waals surface area contributed by atoms with Crippen LogP contribution in [-0.2, 0) is 16.6 Å². The summed E-state index contributed by atoms with van der Waals surface area (Å²) in [5.74, 6) is 0. The third-order valence-electron chi connectivity index (χ3n) is 5.27. The minimum absolute atomic E-state index is 0.0223. The average Bonchev–Trinajstić information content (AvgIpc) is 2.89. The number of hydrogen-bond donors (Lipinski definition) is 0. The molecule has 150 valence electrons. The maximum absolute atomic E-state index is 13.1. The summed E-state index contributed by atoms with van der Waals surface area (Å²) in [7, 11) is -3.77. The van der Waals surface area contributed by atoms with Gasteiger partial charge >= 0.3 is 0 Å². The Labute approximate surface area is 165 Å². The van der Waals surface area contributed by atoms with Gasteiger partial charge in [0, 0.05) is 37.8 Å². The molecule has 1 fully saturated rings. The molecule has 0 aromatic heterocycles. The Morgan fingerprint density at radius 1 is 1.00 bits per heavy atom. The van der Waals surface area contributed by atoms with E-state index in [2.05, 4.69) is 24.0 Å². The smallest absolute Gasteiger partial charge is 0.273 e. The predicted octanol–water partition coefficient (Wildman–Crippen LogP) is 3.11. The van der Waals surface area contributed by atoms with E-state index < -0.39 is 14.9 Å². The summed E-state index contributed by atoms with van der Waals surface area (Å²) in [4.78, 5) is 12.9. The molecule has 0 aliphatic carbocycles. The van der Waals surface area contributed by atoms with Crippen molar-refractivity contribution < 1.29 is 13.3 Å². The van der Waals surface area contributed by atoms with E-state index in [1.807, 2.05) is 12.1 Å². The molecule has 0 atom stereocenters. The van der Waals surface area contributed by atoms with Crippen LogP contribution in [0.2, 0.25) is 0 Å². The van der Waals surface area contributed by atoms with Gasteiger partial charge in [-0.15, -0.1) is 0 Å². The minimum atomic E-state index is -3.77. The lowest BCUT2D eigenvalue weighted by molar-refractivity contribution is -0.385. The number of nitrogens with zero attached hydrogens (tertiary/aromatic N) is 3. The molecule has 2 aromatic carbocycles. The lowest BCUT2D eigenvalue weighted by Crippen LogP contribution is -2.35. The van der Waals surface area contributed by atoms with Gasteiger partial charge in [0.1, 0.15) is 0 Å². The lowest BCUT2D eigenvalue weighted by atomic mass is 10.1. The molecule has 0 N–H and O–H groups in total. The summed E-state index contributed by atoms with van der Waals surface area (Å²) >= 11 is 0. The third kappa shape index (κ3) is 4.24. The summed E-state index contributed by atoms with van der Waals surface area (Å²) in [6.45, 7) is 6.58. The van der Waals surface area contributed by atoms with Crippen LogP contribution in [0, 0.1) is 24.0 Å². The van der Waals surface area contributed by atoms with E-state index in [0.29, 0.717) is 19.6 Å². The second-order valence-electron chi connectivity index (χ2n) is 7.12. The Balaban J connectivity index is 1.77. The molecule has 1 heterocycles. The van der Waals surface area contributed by atoms with E-state index in [0.717, 1.165) is 19.5 Å². The Kier molecular flexibility index (Phi) is 6.12. The van der Waals surface area contributed by atoms with Crippen molar-refractivity contribution in [2.24, 2.45) is 0 Å². The van der Waals surface area contributed by atoms with Gasteiger partial charge in [-0.3, -0.25) is 15.0 Å². The Morgan fingerprint density at radius 2 is 1.75 bits per heavy atom. The zero-order valence-electron chi connectivity index (χ0n) is 16.2. The van der Waals surface area contributed by atoms with Gasteiger partial charge in [0.15, 0.2) is 0 Å². The number of nitro groups is 1. The van der Waals surface area contributed by atoms with Crippen LogP contribution in [0.5, 0.6) is 0 Å². The summed E-state index contributed by atoms with van der Waals surface area (Å²) in [6.07, 6.45) is 0.721. The van der Waals surface area contributed by atoms with E-state index in [1.54, 1.807) is 0 Å². The molecule has 0 spiro atoms. The fourth-order valence-electron chi connectivity index (χ4n) is 3.59. The van der Waals surface area contributed by atoms with Gasteiger partial charge in [-0.1, -0.05) is 30.3 Å². The number of aryl methyl sites for hydroxylation is 1. The number of hydrogen-bond acceptors (Lipinski definition) is 5. The molecular formula is C20H25N3O4S. The van der Waals surface area contributed by atoms with Crippen molar-refractivity contribution in [1.82, 2.24) is 9.21 Å². The molecule has 0 amide bonds. The van der Waals surface area contributed by atoms with Crippen molar-refractivity contribution in [2.75, 3.05) is 26.2 Å². The normalized spacial score (nSPS) is 16.6. The molecule has 8 heteroatoms. The Hall–Kier alpha value is -2.29. The zero-order chi connectivity index (χ0) is 20.3. The van der Waals surface area contributed by atoms with E-state index in [9.17, 15) is 18.5 Å². The van der Waals surface area contributed by atoms with Gasteiger partial charge in [-0.05, 0) is 44.0 Å². The molecule has 1 aliphatic rings. The van der Waals surface area contributed by atoms with Crippen LogP contribution in [0.25, 0.3) is 0 Å². The quantitative estimate of drug-likeness (QED) is 0.566. The summed E-state index contributed by atoms with van der Waals surface area (Å²) in [6, 6.07) is 12.4. The van der Waals surface area contributed by atoms with Crippen LogP contribution in [0.1, 0.15) is 23.1 Å². The van der Waals surface area contributed by atoms with Gasteiger partial charge in [0.05, 0.1) is 9.82 Å². The second-order valence-corrected chi connectivity index (χ2v) is 9.02. The SMILES string of the molecule is Cc1ccccc1CN1CCCN(S(=O)(=O)c2cccc([N+](=O)[O-])c2C)CC1. The van der Waals surface area contributed by atoms with E-state index in [-0.39, 0.29) is 16.1 Å². The minimum Gasteiger partial charge on any atom is -0.298 e. The molecule has 0 radical (unpaired) electrons. The Bertz CT molecular complexity index is 975. The fourth-order valence-corrected chi connectivity index (χ4v) is 5.30. The average molecular weight is 404 g/mol. The van der Waals surface area contributed by atoms with Crippen molar-refractivity contribution in [3.05, 3.63) is 69.3 Å². The Morgan fingerprint density at radius 3 is 2.46 bits per heavy atom. The highest BCUT2D eigenvalue weighted by Crippen LogP contribution is 2.28. The van der Waals surface area contributed by atoms with Crippen molar-refractivity contribution in [3.63, 3.8) is 0 Å². The molecule has 2 aromatic rings. The van der Waals surface area contributed by atoms with E-state index in [4.69, 9.17) is 0 Å². The van der Waals surface area contributed by atoms with E-state index >= 15 is 0 Å². The maximum atomic E-state index is 13.1. The third-order valence-corrected chi connectivity index (χ3v) is 7.32. The van der Waals surface area contributed by atoms with Crippen LogP contribution in [-0.4, -0.2) is 48.7 Å². The number of benzene rings is 2. The molecule has 1 aliphatic heterocycles. The second kappa shape index (κ2) is 8.38. The highest BCUT2D eigenvalue weighted by molar-refractivity contribution is 7.89. The highest BCUT2D eigenvalue weighted by atomic mass is 32.2. The first-order valence-corrected chi connectivity index (χ1v) is 10.8. The molecular weight excluding hydrogens is 378 g/mol. The van der Waals surface area contributed by atoms with Crippen LogP contribution in [0.15, 0.2) is 47.4 Å². The first kappa shape index (κ1) is 20.4. The first-order chi connectivity index (χ1) is 13.3. The molecule has 0 unspecified atom stereocenters. The van der Waals surface area contributed by atoms with Crippen molar-refractivity contribution in [2.45, 2.75) is 31.7 Å². The van der Waals surface area contributed by atoms with Gasteiger partial charge in [0.25, 0.3) is 5.69 Å². The molecule has 0 saturated carbocycles. The number of nitro benzene ring substituents is 1. The monoisotopic (exact) mass is 403 g/mol. The van der Waals surface area contributed by atoms with Gasteiger partial charge in [-0.25, -0.2) is 8.42 Å². The number of sulfonamides is 1. The van der Waals surface area contributed by atoms with Gasteiger partial charge in [0.2, 0.25) is 10.0 Å². The molecule has 7 nitrogen and oxygen atoms in total. The fraction of sp³-hybridized carbons (Fsp3) is 0.400. The summed E-state index contributed by atoms with van der Waals surface area (Å²) < 4.78 is 27.7. The molecule has 0 bridgehead atoms. The number of rotatable bonds is 5. The molecule has 28 heavy (non-hydrogen) atoms. The zero-order valence-corrected chi connectivity index (χ0v) is 17.0. The van der Waals surface area contributed by atoms with Gasteiger partial charge < -0.3 is 0 Å². The molecule has 1 saturated heterocycles. The van der Waals surface area contributed by atoms with Crippen molar-refractivity contribution in [3.8, 4) is 0 Å². The largest absolute Gasteiger partial charge is 0.298 e. The summed E-state index contributed by atoms with van der Waals surface area (Å²) in [5.41, 5.74) is 2.49. The topological polar surface area (TPSA) is 83.8 Å². The van der Waals surface area contributed by atoms with Crippen LogP contribution >= 0.6 is 0 Å². The first-order valence-electron chi connectivity index (χ1n) is 9.31. The van der Waals surface area contributed by atoms with Crippen molar-refractivity contribution in [1.29, 1.82) is 0 Å². The highest BCUT2D eigenvalue weighted by Gasteiger charge is 2.30. The standard InChI is InChI=1S/C20H25N3O4S/c1-16-7-3-4-8-18(16)15-21-11-6-12-22(14-13-21)28(26,27)20-10-5-9-19(17(20)2)23(24)25/h3-5,7-10H,6,11-15H2,1-2H3. The summed E-state index contributed by atoms with van der Waals surface area (Å²) in [5, 5.41) is 11.2.